The SMILES string of the molecule is [N-]=[N+]=NC[C@H]1O[C@@H](O[C@H]2C[C@H](N=[N+]=[N-])[C@@H](O)C[C@@H]2N=[N+]=[N-])[C@H](OCc2ccccc2)[C@@H](OCc2ccccc2)[C@@H]1OCc1ccccc1. The van der Waals surface area contributed by atoms with Gasteiger partial charge in [0.15, 0.2) is 6.29 Å². The van der Waals surface area contributed by atoms with E-state index in [4.69, 9.17) is 29.2 Å². The number of rotatable bonds is 15. The zero-order chi connectivity index (χ0) is 33.6. The molecule has 5 rings (SSSR count). The summed E-state index contributed by atoms with van der Waals surface area (Å²) in [6.45, 7) is 0.504. The number of azide groups is 3. The second-order valence-electron chi connectivity index (χ2n) is 11.5. The minimum atomic E-state index is -1.13. The summed E-state index contributed by atoms with van der Waals surface area (Å²) in [5.74, 6) is 0. The number of aliphatic hydroxyl groups excluding tert-OH is 1. The zero-order valence-electron chi connectivity index (χ0n) is 26.1. The largest absolute Gasteiger partial charge is 0.393 e. The summed E-state index contributed by atoms with van der Waals surface area (Å²) in [5.41, 5.74) is 30.4. The molecule has 2 aliphatic rings. The van der Waals surface area contributed by atoms with Gasteiger partial charge in [-0.05, 0) is 46.1 Å². The van der Waals surface area contributed by atoms with Gasteiger partial charge >= 0.3 is 0 Å². The summed E-state index contributed by atoms with van der Waals surface area (Å²) in [6, 6.07) is 27.2. The van der Waals surface area contributed by atoms with Crippen LogP contribution in [0.5, 0.6) is 0 Å². The minimum absolute atomic E-state index is 0.0135. The Labute approximate surface area is 277 Å². The summed E-state index contributed by atoms with van der Waals surface area (Å²) in [7, 11) is 0. The van der Waals surface area contributed by atoms with Crippen LogP contribution in [-0.4, -0.2) is 66.6 Å². The lowest BCUT2D eigenvalue weighted by molar-refractivity contribution is -0.332. The van der Waals surface area contributed by atoms with Crippen LogP contribution in [0, 0.1) is 0 Å². The van der Waals surface area contributed by atoms with Crippen LogP contribution in [0.25, 0.3) is 31.3 Å². The molecule has 9 atom stereocenters. The maximum absolute atomic E-state index is 10.6. The Morgan fingerprint density at radius 2 is 1.15 bits per heavy atom. The lowest BCUT2D eigenvalue weighted by atomic mass is 9.87. The van der Waals surface area contributed by atoms with Crippen LogP contribution in [0.15, 0.2) is 106 Å². The fourth-order valence-electron chi connectivity index (χ4n) is 5.92. The third-order valence-corrected chi connectivity index (χ3v) is 8.31. The Morgan fingerprint density at radius 1 is 0.646 bits per heavy atom. The maximum atomic E-state index is 10.6. The van der Waals surface area contributed by atoms with E-state index in [0.29, 0.717) is 0 Å². The molecule has 0 amide bonds. The van der Waals surface area contributed by atoms with Gasteiger partial charge in [0, 0.05) is 14.7 Å². The number of nitrogens with zero attached hydrogens (tertiary/aromatic N) is 9. The highest BCUT2D eigenvalue weighted by Crippen LogP contribution is 2.35. The molecule has 0 radical (unpaired) electrons. The molecule has 1 aliphatic heterocycles. The molecule has 0 aromatic heterocycles. The topological polar surface area (TPSA) is 213 Å². The fourth-order valence-corrected chi connectivity index (χ4v) is 5.92. The number of hydrogen-bond acceptors (Lipinski definition) is 9. The van der Waals surface area contributed by atoms with Crippen molar-refractivity contribution in [1.29, 1.82) is 0 Å². The molecule has 0 unspecified atom stereocenters. The first-order valence-corrected chi connectivity index (χ1v) is 15.6. The van der Waals surface area contributed by atoms with Gasteiger partial charge in [-0.3, -0.25) is 0 Å². The van der Waals surface area contributed by atoms with E-state index in [-0.39, 0.29) is 39.2 Å². The van der Waals surface area contributed by atoms with Crippen molar-refractivity contribution in [2.45, 2.75) is 87.7 Å². The zero-order valence-corrected chi connectivity index (χ0v) is 26.1. The summed E-state index contributed by atoms with van der Waals surface area (Å²) in [5, 5.41) is 22.0. The molecule has 1 saturated carbocycles. The van der Waals surface area contributed by atoms with Crippen molar-refractivity contribution in [2.75, 3.05) is 6.54 Å². The van der Waals surface area contributed by atoms with Gasteiger partial charge in [0.2, 0.25) is 0 Å². The van der Waals surface area contributed by atoms with E-state index < -0.39 is 55.0 Å². The number of ether oxygens (including phenoxy) is 5. The number of aliphatic hydroxyl groups is 1. The van der Waals surface area contributed by atoms with E-state index >= 15 is 0 Å². The van der Waals surface area contributed by atoms with Gasteiger partial charge in [0.05, 0.1) is 56.8 Å². The Morgan fingerprint density at radius 3 is 1.67 bits per heavy atom. The fraction of sp³-hybridized carbons (Fsp3) is 0.455. The highest BCUT2D eigenvalue weighted by atomic mass is 16.7. The van der Waals surface area contributed by atoms with Gasteiger partial charge in [-0.1, -0.05) is 106 Å². The van der Waals surface area contributed by atoms with E-state index in [1.54, 1.807) is 0 Å². The monoisotopic (exact) mass is 655 g/mol. The third-order valence-electron chi connectivity index (χ3n) is 8.31. The molecule has 1 aliphatic carbocycles. The first-order valence-electron chi connectivity index (χ1n) is 15.6. The smallest absolute Gasteiger partial charge is 0.187 e. The van der Waals surface area contributed by atoms with Crippen LogP contribution < -0.4 is 0 Å². The Balaban J connectivity index is 1.51. The van der Waals surface area contributed by atoms with Crippen molar-refractivity contribution in [3.05, 3.63) is 139 Å². The van der Waals surface area contributed by atoms with Crippen molar-refractivity contribution >= 4 is 0 Å². The summed E-state index contributed by atoms with van der Waals surface area (Å²) in [6.07, 6.45) is -6.18. The first kappa shape index (κ1) is 34.7. The molecular weight excluding hydrogens is 618 g/mol. The van der Waals surface area contributed by atoms with Gasteiger partial charge in [0.1, 0.15) is 18.3 Å². The standard InChI is InChI=1S/C33H37N9O6/c34-40-37-18-29-30(44-19-22-10-4-1-5-11-22)31(45-20-23-12-6-2-7-13-23)32(46-21-24-14-8-3-9-15-24)33(48-29)47-28-17-25(38-41-35)27(43)16-26(28)39-42-36/h1-15,25-33,43H,16-21H2/t25-,26-,27-,28-,29+,30+,31-,32+,33+/m0/s1. The normalized spacial score (nSPS) is 28.3. The van der Waals surface area contributed by atoms with Gasteiger partial charge in [-0.2, -0.15) is 0 Å². The summed E-state index contributed by atoms with van der Waals surface area (Å²) in [4.78, 5) is 8.79. The number of hydrogen-bond donors (Lipinski definition) is 1. The Kier molecular flexibility index (Phi) is 13.0. The molecule has 1 heterocycles. The van der Waals surface area contributed by atoms with Crippen molar-refractivity contribution in [3.8, 4) is 0 Å². The molecule has 250 valence electrons. The molecule has 0 spiro atoms. The van der Waals surface area contributed by atoms with Crippen molar-refractivity contribution in [3.63, 3.8) is 0 Å². The molecule has 0 bridgehead atoms. The van der Waals surface area contributed by atoms with Crippen molar-refractivity contribution in [2.24, 2.45) is 15.3 Å². The molecule has 2 fully saturated rings. The van der Waals surface area contributed by atoms with Gasteiger partial charge in [0.25, 0.3) is 0 Å². The molecule has 48 heavy (non-hydrogen) atoms. The van der Waals surface area contributed by atoms with Crippen LogP contribution in [0.2, 0.25) is 0 Å². The predicted molar refractivity (Wildman–Crippen MR) is 174 cm³/mol. The average molecular weight is 656 g/mol. The van der Waals surface area contributed by atoms with Crippen LogP contribution in [-0.2, 0) is 43.5 Å². The lowest BCUT2D eigenvalue weighted by Crippen LogP contribution is -2.62. The number of benzene rings is 3. The molecule has 1 saturated heterocycles. The summed E-state index contributed by atoms with van der Waals surface area (Å²) >= 11 is 0. The lowest BCUT2D eigenvalue weighted by Gasteiger charge is -2.47. The second kappa shape index (κ2) is 18.0. The Bertz CT molecular complexity index is 1570. The quantitative estimate of drug-likeness (QED) is 0.107. The Hall–Kier alpha value is -4.65. The van der Waals surface area contributed by atoms with Gasteiger partial charge in [-0.25, -0.2) is 0 Å². The first-order chi connectivity index (χ1) is 23.6. The molecule has 1 N–H and O–H groups in total. The average Bonchev–Trinajstić information content (AvgIpc) is 3.12. The molecule has 3 aromatic carbocycles. The molecule has 15 nitrogen and oxygen atoms in total. The maximum Gasteiger partial charge on any atom is 0.187 e. The highest BCUT2D eigenvalue weighted by molar-refractivity contribution is 5.16. The van der Waals surface area contributed by atoms with Gasteiger partial charge < -0.3 is 28.8 Å². The van der Waals surface area contributed by atoms with E-state index in [1.807, 2.05) is 91.0 Å². The molecular formula is C33H37N9O6. The third kappa shape index (κ3) is 9.46. The summed E-state index contributed by atoms with van der Waals surface area (Å²) < 4.78 is 32.7. The molecule has 15 heteroatoms. The second-order valence-corrected chi connectivity index (χ2v) is 11.5. The van der Waals surface area contributed by atoms with E-state index in [1.165, 1.54) is 0 Å². The van der Waals surface area contributed by atoms with Crippen molar-refractivity contribution < 1.29 is 28.8 Å². The van der Waals surface area contributed by atoms with E-state index in [2.05, 4.69) is 30.1 Å². The van der Waals surface area contributed by atoms with Crippen LogP contribution in [0.4, 0.5) is 0 Å². The van der Waals surface area contributed by atoms with Gasteiger partial charge in [-0.15, -0.1) is 0 Å². The highest BCUT2D eigenvalue weighted by Gasteiger charge is 2.50. The predicted octanol–water partition coefficient (Wildman–Crippen LogP) is 6.68. The van der Waals surface area contributed by atoms with Crippen LogP contribution in [0.1, 0.15) is 29.5 Å². The molecule has 3 aromatic rings. The van der Waals surface area contributed by atoms with E-state index in [0.717, 1.165) is 16.7 Å². The van der Waals surface area contributed by atoms with Crippen LogP contribution in [0.3, 0.4) is 0 Å². The van der Waals surface area contributed by atoms with E-state index in [9.17, 15) is 16.2 Å². The van der Waals surface area contributed by atoms with Crippen molar-refractivity contribution in [1.82, 2.24) is 0 Å². The van der Waals surface area contributed by atoms with Crippen LogP contribution >= 0.6 is 0 Å². The minimum Gasteiger partial charge on any atom is -0.393 e.